The summed E-state index contributed by atoms with van der Waals surface area (Å²) in [5, 5.41) is 11.7. The van der Waals surface area contributed by atoms with Gasteiger partial charge in [-0.1, -0.05) is 13.8 Å². The largest absolute Gasteiger partial charge is 0.480 e. The average Bonchev–Trinajstić information content (AvgIpc) is 2.41. The van der Waals surface area contributed by atoms with Crippen LogP contribution in [0, 0.1) is 11.8 Å². The number of hydrogen-bond acceptors (Lipinski definition) is 3. The maximum absolute atomic E-state index is 10.8. The predicted octanol–water partition coefficient (Wildman–Crippen LogP) is 0.247. The van der Waals surface area contributed by atoms with Crippen molar-refractivity contribution in [2.75, 3.05) is 26.7 Å². The molecule has 1 heterocycles. The molecule has 3 atom stereocenters. The summed E-state index contributed by atoms with van der Waals surface area (Å²) in [4.78, 5) is 13.0. The van der Waals surface area contributed by atoms with Crippen molar-refractivity contribution >= 4 is 5.97 Å². The Bertz CT molecular complexity index is 198. The van der Waals surface area contributed by atoms with Gasteiger partial charge in [-0.2, -0.15) is 0 Å². The van der Waals surface area contributed by atoms with E-state index in [9.17, 15) is 4.79 Å². The van der Waals surface area contributed by atoms with E-state index < -0.39 is 12.0 Å². The summed E-state index contributed by atoms with van der Waals surface area (Å²) >= 11 is 0. The normalized spacial score (nSPS) is 30.5. The molecule has 14 heavy (non-hydrogen) atoms. The Balaban J connectivity index is 2.41. The van der Waals surface area contributed by atoms with E-state index in [0.29, 0.717) is 18.4 Å². The fraction of sp³-hybridized carbons (Fsp3) is 0.900. The fourth-order valence-corrected chi connectivity index (χ4v) is 1.95. The van der Waals surface area contributed by atoms with Crippen molar-refractivity contribution in [2.24, 2.45) is 11.8 Å². The number of carboxylic acids is 1. The molecule has 4 nitrogen and oxygen atoms in total. The zero-order valence-electron chi connectivity index (χ0n) is 9.16. The lowest BCUT2D eigenvalue weighted by atomic mass is 10.0. The topological polar surface area (TPSA) is 52.6 Å². The second-order valence-electron chi connectivity index (χ2n) is 4.35. The number of nitrogens with zero attached hydrogens (tertiary/aromatic N) is 1. The van der Waals surface area contributed by atoms with Gasteiger partial charge >= 0.3 is 5.97 Å². The summed E-state index contributed by atoms with van der Waals surface area (Å²) in [7, 11) is 1.70. The fourth-order valence-electron chi connectivity index (χ4n) is 1.95. The predicted molar refractivity (Wildman–Crippen MR) is 55.3 cm³/mol. The lowest BCUT2D eigenvalue weighted by molar-refractivity contribution is -0.139. The number of carboxylic acid groups (broad SMARTS) is 1. The molecule has 0 aromatic heterocycles. The van der Waals surface area contributed by atoms with Gasteiger partial charge in [0.2, 0.25) is 0 Å². The van der Waals surface area contributed by atoms with Crippen LogP contribution in [0.15, 0.2) is 0 Å². The number of likely N-dealkylation sites (tertiary alicyclic amines) is 1. The monoisotopic (exact) mass is 200 g/mol. The minimum Gasteiger partial charge on any atom is -0.480 e. The maximum Gasteiger partial charge on any atom is 0.322 e. The Morgan fingerprint density at radius 2 is 2.00 bits per heavy atom. The number of likely N-dealkylation sites (N-methyl/N-ethyl adjacent to an activating group) is 1. The molecule has 0 bridgehead atoms. The molecule has 0 aromatic carbocycles. The molecule has 1 aliphatic heterocycles. The first-order chi connectivity index (χ1) is 6.54. The molecular weight excluding hydrogens is 180 g/mol. The highest BCUT2D eigenvalue weighted by Gasteiger charge is 2.28. The number of carbonyl (C=O) groups is 1. The molecule has 0 aliphatic carbocycles. The van der Waals surface area contributed by atoms with Crippen LogP contribution in [0.4, 0.5) is 0 Å². The van der Waals surface area contributed by atoms with Gasteiger partial charge in [0.15, 0.2) is 0 Å². The Kier molecular flexibility index (Phi) is 3.89. The summed E-state index contributed by atoms with van der Waals surface area (Å²) < 4.78 is 0. The van der Waals surface area contributed by atoms with E-state index in [0.717, 1.165) is 13.1 Å². The zero-order valence-corrected chi connectivity index (χ0v) is 9.16. The summed E-state index contributed by atoms with van der Waals surface area (Å²) in [6.45, 7) is 7.10. The van der Waals surface area contributed by atoms with E-state index in [-0.39, 0.29) is 0 Å². The molecule has 1 fully saturated rings. The first-order valence-electron chi connectivity index (χ1n) is 5.17. The molecule has 82 valence electrons. The van der Waals surface area contributed by atoms with Crippen LogP contribution in [0.25, 0.3) is 0 Å². The van der Waals surface area contributed by atoms with Crippen molar-refractivity contribution < 1.29 is 9.90 Å². The van der Waals surface area contributed by atoms with Gasteiger partial charge in [-0.25, -0.2) is 0 Å². The van der Waals surface area contributed by atoms with Crippen LogP contribution < -0.4 is 5.32 Å². The smallest absolute Gasteiger partial charge is 0.322 e. The highest BCUT2D eigenvalue weighted by atomic mass is 16.4. The van der Waals surface area contributed by atoms with Gasteiger partial charge in [0.1, 0.15) is 6.04 Å². The number of nitrogens with one attached hydrogen (secondary N) is 1. The quantitative estimate of drug-likeness (QED) is 0.683. The van der Waals surface area contributed by atoms with Crippen LogP contribution in [0.1, 0.15) is 13.8 Å². The first kappa shape index (κ1) is 11.5. The van der Waals surface area contributed by atoms with Gasteiger partial charge in [0, 0.05) is 19.6 Å². The third-order valence-corrected chi connectivity index (χ3v) is 3.15. The molecule has 0 amide bonds. The Morgan fingerprint density at radius 3 is 2.36 bits per heavy atom. The van der Waals surface area contributed by atoms with E-state index >= 15 is 0 Å². The molecule has 1 rings (SSSR count). The van der Waals surface area contributed by atoms with E-state index in [1.165, 1.54) is 0 Å². The SMILES string of the molecule is CNC(CN1CC(C)C(C)C1)C(=O)O. The highest BCUT2D eigenvalue weighted by Crippen LogP contribution is 2.21. The van der Waals surface area contributed by atoms with Crippen molar-refractivity contribution in [1.82, 2.24) is 10.2 Å². The zero-order chi connectivity index (χ0) is 10.7. The molecule has 2 N–H and O–H groups in total. The van der Waals surface area contributed by atoms with Gasteiger partial charge < -0.3 is 15.3 Å². The lowest BCUT2D eigenvalue weighted by Gasteiger charge is -2.20. The number of rotatable bonds is 4. The van der Waals surface area contributed by atoms with Crippen LogP contribution >= 0.6 is 0 Å². The second-order valence-corrected chi connectivity index (χ2v) is 4.35. The van der Waals surface area contributed by atoms with Crippen LogP contribution in [0.3, 0.4) is 0 Å². The molecule has 0 spiro atoms. The molecular formula is C10H20N2O2. The van der Waals surface area contributed by atoms with Crippen LogP contribution in [-0.4, -0.2) is 48.7 Å². The summed E-state index contributed by atoms with van der Waals surface area (Å²) in [6, 6.07) is -0.438. The highest BCUT2D eigenvalue weighted by molar-refractivity contribution is 5.73. The lowest BCUT2D eigenvalue weighted by Crippen LogP contribution is -2.44. The summed E-state index contributed by atoms with van der Waals surface area (Å²) in [5.74, 6) is 0.599. The van der Waals surface area contributed by atoms with Crippen molar-refractivity contribution in [2.45, 2.75) is 19.9 Å². The van der Waals surface area contributed by atoms with Crippen molar-refractivity contribution in [3.63, 3.8) is 0 Å². The van der Waals surface area contributed by atoms with Crippen LogP contribution in [0.2, 0.25) is 0 Å². The van der Waals surface area contributed by atoms with Gasteiger partial charge in [-0.05, 0) is 18.9 Å². The third kappa shape index (κ3) is 2.69. The van der Waals surface area contributed by atoms with Crippen molar-refractivity contribution in [1.29, 1.82) is 0 Å². The Morgan fingerprint density at radius 1 is 1.50 bits per heavy atom. The molecule has 4 heteroatoms. The Labute approximate surface area is 85.3 Å². The minimum atomic E-state index is -0.764. The average molecular weight is 200 g/mol. The van der Waals surface area contributed by atoms with Crippen LogP contribution in [0.5, 0.6) is 0 Å². The standard InChI is InChI=1S/C10H20N2O2/c1-7-4-12(5-8(7)2)6-9(11-3)10(13)14/h7-9,11H,4-6H2,1-3H3,(H,13,14). The minimum absolute atomic E-state index is 0.438. The molecule has 0 aromatic rings. The molecule has 1 saturated heterocycles. The van der Waals surface area contributed by atoms with Gasteiger partial charge in [0.05, 0.1) is 0 Å². The molecule has 3 unspecified atom stereocenters. The van der Waals surface area contributed by atoms with E-state index in [1.807, 2.05) is 0 Å². The van der Waals surface area contributed by atoms with E-state index in [2.05, 4.69) is 24.1 Å². The van der Waals surface area contributed by atoms with Crippen molar-refractivity contribution in [3.05, 3.63) is 0 Å². The number of aliphatic carboxylic acids is 1. The van der Waals surface area contributed by atoms with E-state index in [4.69, 9.17) is 5.11 Å². The first-order valence-corrected chi connectivity index (χ1v) is 5.17. The van der Waals surface area contributed by atoms with Gasteiger partial charge in [0.25, 0.3) is 0 Å². The molecule has 1 aliphatic rings. The van der Waals surface area contributed by atoms with Gasteiger partial charge in [-0.15, -0.1) is 0 Å². The summed E-state index contributed by atoms with van der Waals surface area (Å²) in [6.07, 6.45) is 0. The third-order valence-electron chi connectivity index (χ3n) is 3.15. The maximum atomic E-state index is 10.8. The van der Waals surface area contributed by atoms with Crippen LogP contribution in [-0.2, 0) is 4.79 Å². The second kappa shape index (κ2) is 4.75. The van der Waals surface area contributed by atoms with Crippen molar-refractivity contribution in [3.8, 4) is 0 Å². The molecule has 0 saturated carbocycles. The summed E-state index contributed by atoms with van der Waals surface area (Å²) in [5.41, 5.74) is 0. The Hall–Kier alpha value is -0.610. The number of hydrogen-bond donors (Lipinski definition) is 2. The van der Waals surface area contributed by atoms with E-state index in [1.54, 1.807) is 7.05 Å². The molecule has 0 radical (unpaired) electrons. The van der Waals surface area contributed by atoms with Gasteiger partial charge in [-0.3, -0.25) is 4.79 Å².